The van der Waals surface area contributed by atoms with E-state index in [1.807, 2.05) is 0 Å². The molecule has 1 rings (SSSR count). The van der Waals surface area contributed by atoms with E-state index in [1.54, 1.807) is 0 Å². The quantitative estimate of drug-likeness (QED) is 0.690. The van der Waals surface area contributed by atoms with Gasteiger partial charge in [-0.05, 0) is 36.0 Å². The lowest BCUT2D eigenvalue weighted by Gasteiger charge is -2.07. The lowest BCUT2D eigenvalue weighted by molar-refractivity contribution is 1.03. The Morgan fingerprint density at radius 2 is 1.60 bits per heavy atom. The second kappa shape index (κ2) is 5.41. The molecule has 2 nitrogen and oxygen atoms in total. The van der Waals surface area contributed by atoms with Crippen molar-refractivity contribution in [1.82, 2.24) is 0 Å². The van der Waals surface area contributed by atoms with Gasteiger partial charge in [-0.15, -0.1) is 0 Å². The van der Waals surface area contributed by atoms with Crippen LogP contribution in [0.3, 0.4) is 0 Å². The molecule has 0 bridgehead atoms. The average Bonchev–Trinajstić information content (AvgIpc) is 2.29. The molecule has 0 aliphatic carbocycles. The summed E-state index contributed by atoms with van der Waals surface area (Å²) < 4.78 is 0. The number of hydrogen-bond acceptors (Lipinski definition) is 1. The van der Waals surface area contributed by atoms with Crippen molar-refractivity contribution in [2.24, 2.45) is 0 Å². The van der Waals surface area contributed by atoms with Crippen LogP contribution in [0.25, 0.3) is 5.01 Å². The third-order valence-corrected chi connectivity index (χ3v) is 2.69. The Bertz CT molecular complexity index is 374. The Kier molecular flexibility index (Phi) is 4.17. The Labute approximate surface area is 91.3 Å². The zero-order chi connectivity index (χ0) is 11.3. The molecule has 0 saturated heterocycles. The molecule has 0 saturated carbocycles. The van der Waals surface area contributed by atoms with Crippen LogP contribution in [0.4, 0.5) is 0 Å². The summed E-state index contributed by atoms with van der Waals surface area (Å²) in [6.45, 7) is 6.31. The molecule has 0 spiro atoms. The van der Waals surface area contributed by atoms with Gasteiger partial charge in [0.05, 0.1) is 0 Å². The van der Waals surface area contributed by atoms with Crippen molar-refractivity contribution in [2.45, 2.75) is 40.0 Å². The van der Waals surface area contributed by atoms with Crippen molar-refractivity contribution in [3.8, 4) is 6.07 Å². The third-order valence-electron chi connectivity index (χ3n) is 2.69. The second-order valence-electron chi connectivity index (χ2n) is 3.55. The van der Waals surface area contributed by atoms with Gasteiger partial charge >= 0.3 is 6.07 Å². The molecule has 0 N–H and O–H groups in total. The van der Waals surface area contributed by atoms with E-state index in [2.05, 4.69) is 44.0 Å². The predicted octanol–water partition coefficient (Wildman–Crippen LogP) is 3.55. The van der Waals surface area contributed by atoms with Crippen LogP contribution in [0.5, 0.6) is 0 Å². The molecule has 0 aliphatic rings. The van der Waals surface area contributed by atoms with Gasteiger partial charge in [0.2, 0.25) is 0 Å². The van der Waals surface area contributed by atoms with Gasteiger partial charge in [-0.25, -0.2) is 0 Å². The highest BCUT2D eigenvalue weighted by Gasteiger charge is 2.10. The maximum Gasteiger partial charge on any atom is 0.337 e. The Morgan fingerprint density at radius 1 is 1.07 bits per heavy atom. The van der Waals surface area contributed by atoms with Gasteiger partial charge in [-0.1, -0.05) is 32.9 Å². The van der Waals surface area contributed by atoms with Crippen molar-refractivity contribution in [3.05, 3.63) is 44.6 Å². The second-order valence-corrected chi connectivity index (χ2v) is 3.55. The molecule has 0 heterocycles. The fraction of sp³-hybridized carbons (Fsp3) is 0.462. The lowest BCUT2D eigenvalue weighted by atomic mass is 9.94. The highest BCUT2D eigenvalue weighted by Crippen LogP contribution is 2.19. The van der Waals surface area contributed by atoms with Crippen molar-refractivity contribution < 1.29 is 0 Å². The first-order chi connectivity index (χ1) is 7.26. The normalized spacial score (nSPS) is 9.53. The first-order valence-corrected chi connectivity index (χ1v) is 5.49. The van der Waals surface area contributed by atoms with Crippen LogP contribution in [0.1, 0.15) is 43.0 Å². The summed E-state index contributed by atoms with van der Waals surface area (Å²) in [6.07, 6.45) is 2.85. The molecule has 0 unspecified atom stereocenters. The van der Waals surface area contributed by atoms with Crippen molar-refractivity contribution in [1.29, 1.82) is 0 Å². The van der Waals surface area contributed by atoms with E-state index >= 15 is 0 Å². The molecular weight excluding hydrogens is 186 g/mol. The van der Waals surface area contributed by atoms with Gasteiger partial charge in [0.1, 0.15) is 5.56 Å². The van der Waals surface area contributed by atoms with E-state index in [1.165, 1.54) is 16.7 Å². The van der Waals surface area contributed by atoms with E-state index in [4.69, 9.17) is 0 Å². The van der Waals surface area contributed by atoms with E-state index in [0.717, 1.165) is 24.8 Å². The molecule has 0 radical (unpaired) electrons. The Balaban J connectivity index is 3.36. The molecule has 2 heteroatoms. The number of rotatable bonds is 3. The van der Waals surface area contributed by atoms with Gasteiger partial charge in [0.25, 0.3) is 0 Å². The summed E-state index contributed by atoms with van der Waals surface area (Å²) in [6, 6.07) is 6.86. The van der Waals surface area contributed by atoms with E-state index < -0.39 is 0 Å². The standard InChI is InChI=1S/C13H17NO/c1-4-10-7-11(5-2)13(9-14-15)12(6-3)8-10/h7-8H,4-6H2,1-3H3. The van der Waals surface area contributed by atoms with Gasteiger partial charge in [0, 0.05) is 5.01 Å². The number of nitrogens with zero attached hydrogens (tertiary/aromatic N) is 1. The molecule has 1 aromatic rings. The fourth-order valence-corrected chi connectivity index (χ4v) is 1.79. The summed E-state index contributed by atoms with van der Waals surface area (Å²) in [4.78, 5) is 0. The summed E-state index contributed by atoms with van der Waals surface area (Å²) in [7, 11) is 0. The third kappa shape index (κ3) is 2.50. The fourth-order valence-electron chi connectivity index (χ4n) is 1.79. The van der Waals surface area contributed by atoms with Crippen LogP contribution in [-0.2, 0) is 19.3 Å². The Morgan fingerprint density at radius 3 is 1.93 bits per heavy atom. The molecular formula is C13H17NO. The summed E-state index contributed by atoms with van der Waals surface area (Å²) in [5.41, 5.74) is 4.56. The number of hydrogen-bond donors (Lipinski definition) is 0. The number of aryl methyl sites for hydroxylation is 3. The van der Waals surface area contributed by atoms with Crippen LogP contribution >= 0.6 is 0 Å². The summed E-state index contributed by atoms with van der Waals surface area (Å²) in [5, 5.41) is 13.1. The molecule has 0 fully saturated rings. The zero-order valence-electron chi connectivity index (χ0n) is 9.63. The highest BCUT2D eigenvalue weighted by molar-refractivity contribution is 5.48. The van der Waals surface area contributed by atoms with Crippen LogP contribution in [0.15, 0.2) is 12.1 Å². The van der Waals surface area contributed by atoms with Crippen molar-refractivity contribution in [3.63, 3.8) is 0 Å². The average molecular weight is 203 g/mol. The van der Waals surface area contributed by atoms with Gasteiger partial charge in [-0.2, -0.15) is 0 Å². The van der Waals surface area contributed by atoms with Crippen LogP contribution in [0.2, 0.25) is 0 Å². The highest BCUT2D eigenvalue weighted by atomic mass is 16.4. The largest absolute Gasteiger partial charge is 0.498 e. The minimum Gasteiger partial charge on any atom is -0.498 e. The zero-order valence-corrected chi connectivity index (χ0v) is 9.63. The minimum atomic E-state index is 0.896. The van der Waals surface area contributed by atoms with Gasteiger partial charge in [0.15, 0.2) is 0 Å². The first-order valence-electron chi connectivity index (χ1n) is 5.49. The van der Waals surface area contributed by atoms with Gasteiger partial charge in [-0.3, -0.25) is 0 Å². The van der Waals surface area contributed by atoms with E-state index in [-0.39, 0.29) is 0 Å². The van der Waals surface area contributed by atoms with Gasteiger partial charge < -0.3 is 5.21 Å². The molecule has 15 heavy (non-hydrogen) atoms. The smallest absolute Gasteiger partial charge is 0.337 e. The maximum absolute atomic E-state index is 10.3. The van der Waals surface area contributed by atoms with Crippen LogP contribution < -0.4 is 0 Å². The summed E-state index contributed by atoms with van der Waals surface area (Å²) in [5.74, 6) is 0. The van der Waals surface area contributed by atoms with Crippen molar-refractivity contribution >= 4 is 0 Å². The first kappa shape index (κ1) is 11.6. The monoisotopic (exact) mass is 203 g/mol. The molecule has 0 aliphatic heterocycles. The van der Waals surface area contributed by atoms with E-state index in [0.29, 0.717) is 0 Å². The molecule has 0 atom stereocenters. The van der Waals surface area contributed by atoms with Crippen molar-refractivity contribution in [2.75, 3.05) is 0 Å². The summed E-state index contributed by atoms with van der Waals surface area (Å²) >= 11 is 0. The predicted molar refractivity (Wildman–Crippen MR) is 64.3 cm³/mol. The molecule has 0 aromatic heterocycles. The molecule has 0 amide bonds. The molecule has 80 valence electrons. The van der Waals surface area contributed by atoms with Crippen LogP contribution in [-0.4, -0.2) is 0 Å². The molecule has 1 aromatic carbocycles. The lowest BCUT2D eigenvalue weighted by Crippen LogP contribution is -1.97. The topological polar surface area (TPSA) is 27.4 Å². The minimum absolute atomic E-state index is 0.896. The van der Waals surface area contributed by atoms with Crippen LogP contribution in [0, 0.1) is 11.3 Å². The SMILES string of the molecule is CCc1cc(CC)c(C#[N+][O-])c(CC)c1. The van der Waals surface area contributed by atoms with E-state index in [9.17, 15) is 5.21 Å². The maximum atomic E-state index is 10.3. The number of benzene rings is 1. The Hall–Kier alpha value is -1.49.